The zero-order valence-electron chi connectivity index (χ0n) is 17.0. The number of rotatable bonds is 4. The Morgan fingerprint density at radius 1 is 0.875 bits per heavy atom. The summed E-state index contributed by atoms with van der Waals surface area (Å²) in [5.41, 5.74) is 1.47. The average Bonchev–Trinajstić information content (AvgIpc) is 3.59. The van der Waals surface area contributed by atoms with Gasteiger partial charge in [0.05, 0.1) is 27.9 Å². The number of hydrogen-bond donors (Lipinski definition) is 1. The Hall–Kier alpha value is -3.67. The molecular formula is C26H19F3N2O. The second-order valence-electron chi connectivity index (χ2n) is 8.05. The molecule has 5 rings (SSSR count). The molecule has 4 aromatic rings. The van der Waals surface area contributed by atoms with E-state index >= 15 is 0 Å². The van der Waals surface area contributed by atoms with Gasteiger partial charge in [0.2, 0.25) is 0 Å². The zero-order valence-corrected chi connectivity index (χ0v) is 17.0. The van der Waals surface area contributed by atoms with E-state index in [4.69, 9.17) is 0 Å². The highest BCUT2D eigenvalue weighted by atomic mass is 19.4. The van der Waals surface area contributed by atoms with E-state index in [1.165, 1.54) is 6.07 Å². The first-order chi connectivity index (χ1) is 15.4. The Morgan fingerprint density at radius 2 is 1.59 bits per heavy atom. The molecule has 1 aromatic heterocycles. The third-order valence-electron chi connectivity index (χ3n) is 5.88. The molecule has 1 saturated carbocycles. The summed E-state index contributed by atoms with van der Waals surface area (Å²) in [6.07, 6.45) is -2.78. The molecule has 0 radical (unpaired) electrons. The fraction of sp³-hybridized carbons (Fsp3) is 0.154. The van der Waals surface area contributed by atoms with Gasteiger partial charge >= 0.3 is 6.18 Å². The van der Waals surface area contributed by atoms with E-state index in [0.29, 0.717) is 27.7 Å². The van der Waals surface area contributed by atoms with Crippen molar-refractivity contribution >= 4 is 16.8 Å². The van der Waals surface area contributed by atoms with Crippen molar-refractivity contribution in [1.29, 1.82) is 0 Å². The predicted molar refractivity (Wildman–Crippen MR) is 117 cm³/mol. The molecule has 160 valence electrons. The second kappa shape index (κ2) is 7.48. The molecule has 3 nitrogen and oxygen atoms in total. The number of fused-ring (bicyclic) bond motifs is 1. The first-order valence-electron chi connectivity index (χ1n) is 10.3. The molecule has 1 heterocycles. The smallest absolute Gasteiger partial charge is 0.342 e. The van der Waals surface area contributed by atoms with Gasteiger partial charge in [-0.1, -0.05) is 60.7 Å². The molecule has 3 aromatic carbocycles. The van der Waals surface area contributed by atoms with Crippen molar-refractivity contribution in [1.82, 2.24) is 10.3 Å². The monoisotopic (exact) mass is 432 g/mol. The number of carbonyl (C=O) groups is 1. The molecule has 0 bridgehead atoms. The number of carbonyl (C=O) groups excluding carboxylic acids is 1. The van der Waals surface area contributed by atoms with Crippen LogP contribution >= 0.6 is 0 Å². The van der Waals surface area contributed by atoms with E-state index in [2.05, 4.69) is 10.3 Å². The lowest BCUT2D eigenvalue weighted by Crippen LogP contribution is -2.35. The summed E-state index contributed by atoms with van der Waals surface area (Å²) < 4.78 is 39.6. The van der Waals surface area contributed by atoms with Gasteiger partial charge in [-0.15, -0.1) is 0 Å². The largest absolute Gasteiger partial charge is 0.416 e. The fourth-order valence-corrected chi connectivity index (χ4v) is 4.02. The van der Waals surface area contributed by atoms with Crippen molar-refractivity contribution in [3.05, 3.63) is 102 Å². The van der Waals surface area contributed by atoms with Crippen molar-refractivity contribution in [2.24, 2.45) is 0 Å². The average molecular weight is 432 g/mol. The summed E-state index contributed by atoms with van der Waals surface area (Å²) in [7, 11) is 0. The number of alkyl halides is 3. The van der Waals surface area contributed by atoms with Gasteiger partial charge in [-0.2, -0.15) is 13.2 Å². The van der Waals surface area contributed by atoms with Gasteiger partial charge in [0.25, 0.3) is 5.91 Å². The zero-order chi connectivity index (χ0) is 22.3. The number of para-hydroxylation sites is 1. The minimum Gasteiger partial charge on any atom is -0.342 e. The van der Waals surface area contributed by atoms with Crippen LogP contribution in [0.25, 0.3) is 22.2 Å². The molecule has 0 spiro atoms. The molecule has 0 atom stereocenters. The summed E-state index contributed by atoms with van der Waals surface area (Å²) in [5.74, 6) is -0.266. The fourth-order valence-electron chi connectivity index (χ4n) is 4.02. The first kappa shape index (κ1) is 20.2. The Bertz CT molecular complexity index is 1310. The SMILES string of the molecule is O=C(NC1(c2ccccc2)CC1)c1cc(-c2cccc(C(F)(F)F)c2)nc2ccccc12. The van der Waals surface area contributed by atoms with Crippen molar-refractivity contribution in [2.75, 3.05) is 0 Å². The van der Waals surface area contributed by atoms with Crippen LogP contribution in [0.5, 0.6) is 0 Å². The molecule has 32 heavy (non-hydrogen) atoms. The first-order valence-corrected chi connectivity index (χ1v) is 10.3. The molecule has 0 unspecified atom stereocenters. The minimum atomic E-state index is -4.46. The van der Waals surface area contributed by atoms with Crippen LogP contribution in [0.1, 0.15) is 34.3 Å². The Morgan fingerprint density at radius 3 is 2.31 bits per heavy atom. The van der Waals surface area contributed by atoms with Gasteiger partial charge < -0.3 is 5.32 Å². The lowest BCUT2D eigenvalue weighted by atomic mass is 10.0. The molecule has 6 heteroatoms. The van der Waals surface area contributed by atoms with E-state index in [-0.39, 0.29) is 5.91 Å². The van der Waals surface area contributed by atoms with Gasteiger partial charge in [0.1, 0.15) is 0 Å². The number of nitrogens with zero attached hydrogens (tertiary/aromatic N) is 1. The maximum Gasteiger partial charge on any atom is 0.416 e. The van der Waals surface area contributed by atoms with Crippen LogP contribution < -0.4 is 5.32 Å². The van der Waals surface area contributed by atoms with Gasteiger partial charge in [-0.3, -0.25) is 4.79 Å². The highest BCUT2D eigenvalue weighted by Crippen LogP contribution is 2.45. The highest BCUT2D eigenvalue weighted by Gasteiger charge is 2.45. The quantitative estimate of drug-likeness (QED) is 0.409. The molecular weight excluding hydrogens is 413 g/mol. The maximum atomic E-state index is 13.4. The van der Waals surface area contributed by atoms with Gasteiger partial charge in [-0.25, -0.2) is 4.98 Å². The number of halogens is 3. The number of nitrogens with one attached hydrogen (secondary N) is 1. The van der Waals surface area contributed by atoms with Gasteiger partial charge in [0, 0.05) is 10.9 Å². The van der Waals surface area contributed by atoms with E-state index in [9.17, 15) is 18.0 Å². The van der Waals surface area contributed by atoms with Crippen molar-refractivity contribution in [3.63, 3.8) is 0 Å². The standard InChI is InChI=1S/C26H19F3N2O/c27-26(28,29)19-10-6-7-17(15-19)23-16-21(20-11-4-5-12-22(20)30-23)24(32)31-25(13-14-25)18-8-2-1-3-9-18/h1-12,15-16H,13-14H2,(H,31,32). The predicted octanol–water partition coefficient (Wildman–Crippen LogP) is 6.34. The molecule has 1 amide bonds. The van der Waals surface area contributed by atoms with E-state index < -0.39 is 17.3 Å². The van der Waals surface area contributed by atoms with E-state index in [1.54, 1.807) is 30.3 Å². The number of amides is 1. The van der Waals surface area contributed by atoms with Gasteiger partial charge in [0.15, 0.2) is 0 Å². The number of hydrogen-bond acceptors (Lipinski definition) is 2. The van der Waals surface area contributed by atoms with Gasteiger partial charge in [-0.05, 0) is 42.7 Å². The molecule has 1 N–H and O–H groups in total. The van der Waals surface area contributed by atoms with Crippen molar-refractivity contribution in [2.45, 2.75) is 24.6 Å². The lowest BCUT2D eigenvalue weighted by molar-refractivity contribution is -0.137. The summed E-state index contributed by atoms with van der Waals surface area (Å²) >= 11 is 0. The van der Waals surface area contributed by atoms with Crippen LogP contribution in [0.15, 0.2) is 84.9 Å². The number of pyridine rings is 1. The second-order valence-corrected chi connectivity index (χ2v) is 8.05. The lowest BCUT2D eigenvalue weighted by Gasteiger charge is -2.19. The molecule has 1 aliphatic carbocycles. The Labute approximate surface area is 182 Å². The molecule has 1 aliphatic rings. The summed E-state index contributed by atoms with van der Waals surface area (Å²) in [6.45, 7) is 0. The van der Waals surface area contributed by atoms with Crippen LogP contribution in [0.2, 0.25) is 0 Å². The van der Waals surface area contributed by atoms with Crippen LogP contribution in [0, 0.1) is 0 Å². The number of benzene rings is 3. The van der Waals surface area contributed by atoms with E-state index in [0.717, 1.165) is 30.5 Å². The molecule has 0 aliphatic heterocycles. The third-order valence-corrected chi connectivity index (χ3v) is 5.88. The topological polar surface area (TPSA) is 42.0 Å². The van der Waals surface area contributed by atoms with Crippen molar-refractivity contribution < 1.29 is 18.0 Å². The Kier molecular flexibility index (Phi) is 4.73. The third kappa shape index (κ3) is 3.73. The van der Waals surface area contributed by atoms with E-state index in [1.807, 2.05) is 36.4 Å². The van der Waals surface area contributed by atoms with Crippen LogP contribution in [0.4, 0.5) is 13.2 Å². The summed E-state index contributed by atoms with van der Waals surface area (Å²) in [4.78, 5) is 17.9. The highest BCUT2D eigenvalue weighted by molar-refractivity contribution is 6.07. The Balaban J connectivity index is 1.57. The van der Waals surface area contributed by atoms with Crippen LogP contribution in [0.3, 0.4) is 0 Å². The minimum absolute atomic E-state index is 0.266. The maximum absolute atomic E-state index is 13.4. The van der Waals surface area contributed by atoms with Crippen LogP contribution in [-0.4, -0.2) is 10.9 Å². The summed E-state index contributed by atoms with van der Waals surface area (Å²) in [5, 5.41) is 3.82. The molecule has 0 saturated heterocycles. The van der Waals surface area contributed by atoms with Crippen LogP contribution in [-0.2, 0) is 11.7 Å². The summed E-state index contributed by atoms with van der Waals surface area (Å²) in [6, 6.07) is 23.5. The normalized spacial score (nSPS) is 14.8. The number of aromatic nitrogens is 1. The molecule has 1 fully saturated rings. The van der Waals surface area contributed by atoms with Crippen molar-refractivity contribution in [3.8, 4) is 11.3 Å².